The Morgan fingerprint density at radius 1 is 1.21 bits per heavy atom. The molecule has 2 aromatic heterocycles. The smallest absolute Gasteiger partial charge is 0.163 e. The standard InChI is InChI=1S/C23H26N4OS/c1-17-14-24-16-25-23(17)26-20-6-4-19(5-7-20)22(28)13-18-8-10-27(11-9-18)15-21-3-2-12-29-21/h2-7,12,14,16,18H,8-11,13,15H2,1H3,(H,24,25,26). The molecule has 5 nitrogen and oxygen atoms in total. The number of thiophene rings is 1. The summed E-state index contributed by atoms with van der Waals surface area (Å²) in [5, 5.41) is 5.41. The lowest BCUT2D eigenvalue weighted by Crippen LogP contribution is -2.33. The Bertz CT molecular complexity index is 932. The highest BCUT2D eigenvalue weighted by Crippen LogP contribution is 2.25. The van der Waals surface area contributed by atoms with Crippen LogP contribution in [0.4, 0.5) is 11.5 Å². The largest absolute Gasteiger partial charge is 0.340 e. The topological polar surface area (TPSA) is 58.1 Å². The van der Waals surface area contributed by atoms with Gasteiger partial charge in [-0.25, -0.2) is 9.97 Å². The maximum absolute atomic E-state index is 12.7. The van der Waals surface area contributed by atoms with Crippen LogP contribution in [0.3, 0.4) is 0 Å². The number of aryl methyl sites for hydroxylation is 1. The van der Waals surface area contributed by atoms with E-state index in [1.807, 2.05) is 42.5 Å². The minimum absolute atomic E-state index is 0.242. The predicted octanol–water partition coefficient (Wildman–Crippen LogP) is 5.08. The van der Waals surface area contributed by atoms with Gasteiger partial charge in [0.15, 0.2) is 5.78 Å². The number of benzene rings is 1. The van der Waals surface area contributed by atoms with Crippen molar-refractivity contribution >= 4 is 28.6 Å². The molecule has 0 saturated carbocycles. The number of aromatic nitrogens is 2. The number of nitrogens with one attached hydrogen (secondary N) is 1. The third kappa shape index (κ3) is 5.28. The van der Waals surface area contributed by atoms with Gasteiger partial charge in [0.1, 0.15) is 12.1 Å². The van der Waals surface area contributed by atoms with E-state index in [0.717, 1.165) is 55.1 Å². The molecule has 29 heavy (non-hydrogen) atoms. The van der Waals surface area contributed by atoms with Gasteiger partial charge in [0.25, 0.3) is 0 Å². The van der Waals surface area contributed by atoms with Gasteiger partial charge in [0.2, 0.25) is 0 Å². The normalized spacial score (nSPS) is 15.3. The minimum atomic E-state index is 0.242. The van der Waals surface area contributed by atoms with Crippen molar-refractivity contribution in [1.29, 1.82) is 0 Å². The molecule has 1 saturated heterocycles. The molecule has 0 amide bonds. The molecule has 0 unspecified atom stereocenters. The van der Waals surface area contributed by atoms with E-state index >= 15 is 0 Å². The third-order valence-electron chi connectivity index (χ3n) is 5.51. The number of Topliss-reactive ketones (excluding diaryl/α,β-unsaturated/α-hetero) is 1. The maximum atomic E-state index is 12.7. The second kappa shape index (κ2) is 9.29. The van der Waals surface area contributed by atoms with Crippen molar-refractivity contribution in [2.24, 2.45) is 5.92 Å². The zero-order valence-corrected chi connectivity index (χ0v) is 17.5. The Hall–Kier alpha value is -2.57. The van der Waals surface area contributed by atoms with Crippen LogP contribution in [-0.2, 0) is 6.54 Å². The first-order valence-corrected chi connectivity index (χ1v) is 11.0. The van der Waals surface area contributed by atoms with Crippen LogP contribution in [0.25, 0.3) is 0 Å². The lowest BCUT2D eigenvalue weighted by atomic mass is 9.90. The van der Waals surface area contributed by atoms with Crippen molar-refractivity contribution in [3.05, 3.63) is 70.3 Å². The Kier molecular flexibility index (Phi) is 6.32. The van der Waals surface area contributed by atoms with Crippen LogP contribution in [0.15, 0.2) is 54.3 Å². The maximum Gasteiger partial charge on any atom is 0.163 e. The molecule has 4 rings (SSSR count). The van der Waals surface area contributed by atoms with E-state index in [1.54, 1.807) is 6.20 Å². The van der Waals surface area contributed by atoms with E-state index in [-0.39, 0.29) is 5.78 Å². The molecule has 1 N–H and O–H groups in total. The van der Waals surface area contributed by atoms with E-state index in [4.69, 9.17) is 0 Å². The average Bonchev–Trinajstić information content (AvgIpc) is 3.25. The second-order valence-corrected chi connectivity index (χ2v) is 8.72. The van der Waals surface area contributed by atoms with E-state index in [2.05, 4.69) is 37.7 Å². The van der Waals surface area contributed by atoms with Crippen molar-refractivity contribution in [3.8, 4) is 0 Å². The zero-order valence-electron chi connectivity index (χ0n) is 16.7. The third-order valence-corrected chi connectivity index (χ3v) is 6.37. The molecule has 1 aliphatic rings. The number of nitrogens with zero attached hydrogens (tertiary/aromatic N) is 3. The molecule has 0 spiro atoms. The predicted molar refractivity (Wildman–Crippen MR) is 118 cm³/mol. The van der Waals surface area contributed by atoms with E-state index < -0.39 is 0 Å². The van der Waals surface area contributed by atoms with Gasteiger partial charge in [0.05, 0.1) is 0 Å². The van der Waals surface area contributed by atoms with Gasteiger partial charge >= 0.3 is 0 Å². The lowest BCUT2D eigenvalue weighted by molar-refractivity contribution is 0.0925. The second-order valence-electron chi connectivity index (χ2n) is 7.68. The van der Waals surface area contributed by atoms with Crippen molar-refractivity contribution in [3.63, 3.8) is 0 Å². The molecule has 1 fully saturated rings. The van der Waals surface area contributed by atoms with Crippen molar-refractivity contribution in [2.75, 3.05) is 18.4 Å². The summed E-state index contributed by atoms with van der Waals surface area (Å²) in [5.74, 6) is 1.52. The Labute approximate surface area is 175 Å². The molecular formula is C23H26N4OS. The van der Waals surface area contributed by atoms with E-state index in [0.29, 0.717) is 12.3 Å². The zero-order chi connectivity index (χ0) is 20.1. The molecule has 6 heteroatoms. The summed E-state index contributed by atoms with van der Waals surface area (Å²) in [6.07, 6.45) is 6.15. The number of carbonyl (C=O) groups excluding carboxylic acids is 1. The Morgan fingerprint density at radius 2 is 2.00 bits per heavy atom. The van der Waals surface area contributed by atoms with Crippen LogP contribution >= 0.6 is 11.3 Å². The van der Waals surface area contributed by atoms with Crippen LogP contribution in [0.5, 0.6) is 0 Å². The van der Waals surface area contributed by atoms with Gasteiger partial charge in [-0.2, -0.15) is 0 Å². The number of rotatable bonds is 7. The lowest BCUT2D eigenvalue weighted by Gasteiger charge is -2.31. The van der Waals surface area contributed by atoms with Gasteiger partial charge in [0, 0.05) is 40.9 Å². The summed E-state index contributed by atoms with van der Waals surface area (Å²) in [6.45, 7) is 5.17. The van der Waals surface area contributed by atoms with Crippen LogP contribution in [0.1, 0.15) is 40.1 Å². The first kappa shape index (κ1) is 19.7. The first-order valence-electron chi connectivity index (χ1n) is 10.1. The number of anilines is 2. The van der Waals surface area contributed by atoms with Crippen LogP contribution in [0, 0.1) is 12.8 Å². The first-order chi connectivity index (χ1) is 14.2. The fourth-order valence-corrected chi connectivity index (χ4v) is 4.50. The Morgan fingerprint density at radius 3 is 2.69 bits per heavy atom. The van der Waals surface area contributed by atoms with E-state index in [9.17, 15) is 4.79 Å². The van der Waals surface area contributed by atoms with Crippen LogP contribution < -0.4 is 5.32 Å². The van der Waals surface area contributed by atoms with Crippen LogP contribution in [0.2, 0.25) is 0 Å². The number of carbonyl (C=O) groups is 1. The summed E-state index contributed by atoms with van der Waals surface area (Å²) in [7, 11) is 0. The van der Waals surface area contributed by atoms with Gasteiger partial charge < -0.3 is 5.32 Å². The Balaban J connectivity index is 1.27. The van der Waals surface area contributed by atoms with Gasteiger partial charge in [-0.1, -0.05) is 6.07 Å². The number of likely N-dealkylation sites (tertiary alicyclic amines) is 1. The summed E-state index contributed by atoms with van der Waals surface area (Å²) < 4.78 is 0. The molecule has 150 valence electrons. The fourth-order valence-electron chi connectivity index (χ4n) is 3.76. The summed E-state index contributed by atoms with van der Waals surface area (Å²) in [5.41, 5.74) is 2.69. The number of hydrogen-bond acceptors (Lipinski definition) is 6. The number of piperidine rings is 1. The quantitative estimate of drug-likeness (QED) is 0.555. The molecule has 0 radical (unpaired) electrons. The molecule has 3 heterocycles. The SMILES string of the molecule is Cc1cncnc1Nc1ccc(C(=O)CC2CCN(Cc3cccs3)CC2)cc1. The summed E-state index contributed by atoms with van der Waals surface area (Å²) >= 11 is 1.82. The van der Waals surface area contributed by atoms with Crippen molar-refractivity contribution < 1.29 is 4.79 Å². The minimum Gasteiger partial charge on any atom is -0.340 e. The average molecular weight is 407 g/mol. The molecular weight excluding hydrogens is 380 g/mol. The van der Waals surface area contributed by atoms with E-state index in [1.165, 1.54) is 11.2 Å². The summed E-state index contributed by atoms with van der Waals surface area (Å²) in [6, 6.07) is 12.0. The molecule has 1 aromatic carbocycles. The number of ketones is 1. The fraction of sp³-hybridized carbons (Fsp3) is 0.348. The molecule has 0 atom stereocenters. The highest BCUT2D eigenvalue weighted by Gasteiger charge is 2.22. The van der Waals surface area contributed by atoms with Crippen LogP contribution in [-0.4, -0.2) is 33.7 Å². The molecule has 3 aromatic rings. The molecule has 0 bridgehead atoms. The molecule has 0 aliphatic carbocycles. The van der Waals surface area contributed by atoms with Crippen molar-refractivity contribution in [1.82, 2.24) is 14.9 Å². The molecule has 1 aliphatic heterocycles. The van der Waals surface area contributed by atoms with Gasteiger partial charge in [-0.15, -0.1) is 11.3 Å². The van der Waals surface area contributed by atoms with Gasteiger partial charge in [-0.3, -0.25) is 9.69 Å². The highest BCUT2D eigenvalue weighted by atomic mass is 32.1. The summed E-state index contributed by atoms with van der Waals surface area (Å²) in [4.78, 5) is 24.9. The van der Waals surface area contributed by atoms with Crippen molar-refractivity contribution in [2.45, 2.75) is 32.7 Å². The number of hydrogen-bond donors (Lipinski definition) is 1. The highest BCUT2D eigenvalue weighted by molar-refractivity contribution is 7.09. The monoisotopic (exact) mass is 406 g/mol. The van der Waals surface area contributed by atoms with Gasteiger partial charge in [-0.05, 0) is 74.5 Å².